The first kappa shape index (κ1) is 34.9. The van der Waals surface area contributed by atoms with E-state index in [-0.39, 0.29) is 55.3 Å². The van der Waals surface area contributed by atoms with E-state index in [2.05, 4.69) is 16.7 Å². The highest BCUT2D eigenvalue weighted by Crippen LogP contribution is 2.39. The zero-order chi connectivity index (χ0) is 28.6. The molecule has 0 spiro atoms. The summed E-state index contributed by atoms with van der Waals surface area (Å²) in [4.78, 5) is 27.5. The molecule has 11 heteroatoms. The number of nitrogens with one attached hydrogen (secondary N) is 2. The minimum absolute atomic E-state index is 0. The second-order valence-electron chi connectivity index (χ2n) is 11.5. The number of amides is 2. The minimum atomic E-state index is -0.477. The van der Waals surface area contributed by atoms with Crippen LogP contribution in [0.4, 0.5) is 10.1 Å². The van der Waals surface area contributed by atoms with Gasteiger partial charge in [-0.1, -0.05) is 19.3 Å². The SMILES string of the molecule is Cl.Cl.NCCCC(=O)Nc1cc(F)cc(OC2CCN(C(=O)c3ccc(O[C@H]4CCNC4)c(C4CCCCC4)c3)CC2)c1. The Morgan fingerprint density at radius 1 is 0.953 bits per heavy atom. The maximum atomic E-state index is 14.2. The third kappa shape index (κ3) is 9.70. The van der Waals surface area contributed by atoms with E-state index in [4.69, 9.17) is 15.2 Å². The van der Waals surface area contributed by atoms with Crippen molar-refractivity contribution in [3.8, 4) is 11.5 Å². The number of carbonyl (C=O) groups is 2. The number of benzene rings is 2. The van der Waals surface area contributed by atoms with E-state index in [1.54, 1.807) is 6.07 Å². The Hall–Kier alpha value is -2.59. The molecule has 1 atom stereocenters. The summed E-state index contributed by atoms with van der Waals surface area (Å²) < 4.78 is 26.7. The second-order valence-corrected chi connectivity index (χ2v) is 11.5. The van der Waals surface area contributed by atoms with Crippen molar-refractivity contribution < 1.29 is 23.5 Å². The fourth-order valence-electron chi connectivity index (χ4n) is 6.17. The summed E-state index contributed by atoms with van der Waals surface area (Å²) in [5, 5.41) is 6.08. The van der Waals surface area contributed by atoms with Crippen molar-refractivity contribution in [2.24, 2.45) is 5.73 Å². The Morgan fingerprint density at radius 2 is 1.72 bits per heavy atom. The highest BCUT2D eigenvalue weighted by molar-refractivity contribution is 5.95. The van der Waals surface area contributed by atoms with Crippen LogP contribution >= 0.6 is 24.8 Å². The van der Waals surface area contributed by atoms with Gasteiger partial charge in [0, 0.05) is 62.3 Å². The summed E-state index contributed by atoms with van der Waals surface area (Å²) in [6.45, 7) is 3.39. The van der Waals surface area contributed by atoms with E-state index < -0.39 is 5.82 Å². The van der Waals surface area contributed by atoms with E-state index in [0.29, 0.717) is 61.8 Å². The number of hydrogen-bond acceptors (Lipinski definition) is 6. The molecule has 5 rings (SSSR count). The molecule has 0 aromatic heterocycles. The van der Waals surface area contributed by atoms with Gasteiger partial charge in [0.15, 0.2) is 0 Å². The third-order valence-electron chi connectivity index (χ3n) is 8.41. The molecule has 43 heavy (non-hydrogen) atoms. The van der Waals surface area contributed by atoms with Crippen molar-refractivity contribution in [2.45, 2.75) is 82.3 Å². The van der Waals surface area contributed by atoms with Crippen LogP contribution in [0.15, 0.2) is 36.4 Å². The van der Waals surface area contributed by atoms with Crippen molar-refractivity contribution in [1.82, 2.24) is 10.2 Å². The van der Waals surface area contributed by atoms with Crippen LogP contribution in [0.3, 0.4) is 0 Å². The molecule has 2 aromatic carbocycles. The van der Waals surface area contributed by atoms with Crippen molar-refractivity contribution in [1.29, 1.82) is 0 Å². The summed E-state index contributed by atoms with van der Waals surface area (Å²) in [7, 11) is 0. The normalized spacial score (nSPS) is 19.2. The van der Waals surface area contributed by atoms with Crippen LogP contribution in [0.5, 0.6) is 11.5 Å². The largest absolute Gasteiger partial charge is 0.490 e. The number of halogens is 3. The molecule has 1 aliphatic carbocycles. The first-order valence-corrected chi connectivity index (χ1v) is 15.3. The maximum Gasteiger partial charge on any atom is 0.253 e. The molecule has 4 N–H and O–H groups in total. The van der Waals surface area contributed by atoms with E-state index in [9.17, 15) is 14.0 Å². The zero-order valence-electron chi connectivity index (χ0n) is 24.7. The number of nitrogens with two attached hydrogens (primary N) is 1. The number of ether oxygens (including phenoxy) is 2. The summed E-state index contributed by atoms with van der Waals surface area (Å²) >= 11 is 0. The fourth-order valence-corrected chi connectivity index (χ4v) is 6.17. The van der Waals surface area contributed by atoms with Gasteiger partial charge in [-0.2, -0.15) is 0 Å². The van der Waals surface area contributed by atoms with Gasteiger partial charge in [-0.15, -0.1) is 24.8 Å². The van der Waals surface area contributed by atoms with Gasteiger partial charge in [0.1, 0.15) is 29.5 Å². The van der Waals surface area contributed by atoms with Crippen molar-refractivity contribution in [3.05, 3.63) is 53.3 Å². The number of anilines is 1. The first-order valence-electron chi connectivity index (χ1n) is 15.3. The molecule has 3 aliphatic rings. The average Bonchev–Trinajstić information content (AvgIpc) is 3.50. The van der Waals surface area contributed by atoms with E-state index in [0.717, 1.165) is 38.1 Å². The molecule has 1 saturated carbocycles. The Kier molecular flexibility index (Phi) is 13.8. The van der Waals surface area contributed by atoms with Crippen LogP contribution in [0.25, 0.3) is 0 Å². The Labute approximate surface area is 266 Å². The average molecular weight is 640 g/mol. The van der Waals surface area contributed by atoms with Crippen LogP contribution in [0, 0.1) is 5.82 Å². The Bertz CT molecular complexity index is 1200. The van der Waals surface area contributed by atoms with Gasteiger partial charge in [-0.25, -0.2) is 4.39 Å². The molecule has 2 heterocycles. The lowest BCUT2D eigenvalue weighted by Crippen LogP contribution is -2.41. The van der Waals surface area contributed by atoms with Gasteiger partial charge in [0.05, 0.1) is 0 Å². The molecule has 0 bridgehead atoms. The molecule has 2 saturated heterocycles. The highest BCUT2D eigenvalue weighted by Gasteiger charge is 2.28. The molecule has 8 nitrogen and oxygen atoms in total. The number of nitrogens with zero attached hydrogens (tertiary/aromatic N) is 1. The van der Waals surface area contributed by atoms with Gasteiger partial charge in [-0.05, 0) is 74.5 Å². The van der Waals surface area contributed by atoms with Gasteiger partial charge >= 0.3 is 0 Å². The second kappa shape index (κ2) is 17.0. The van der Waals surface area contributed by atoms with Crippen molar-refractivity contribution in [2.75, 3.05) is 38.0 Å². The van der Waals surface area contributed by atoms with Gasteiger partial charge in [-0.3, -0.25) is 9.59 Å². The standard InChI is InChI=1S/C32H43FN4O4.2ClH/c33-24-18-25(36-31(38)7-4-13-34)20-28(19-24)40-26-11-15-37(16-12-26)32(39)23-8-9-30(41-27-10-14-35-21-27)29(17-23)22-5-2-1-3-6-22;;/h8-9,17-20,22,26-27,35H,1-7,10-16,21,34H2,(H,36,38);2*1H/t27-;;/m0../s1. The quantitative estimate of drug-likeness (QED) is 0.303. The lowest BCUT2D eigenvalue weighted by Gasteiger charge is -2.33. The summed E-state index contributed by atoms with van der Waals surface area (Å²) in [6.07, 6.45) is 9.16. The molecule has 238 valence electrons. The minimum Gasteiger partial charge on any atom is -0.490 e. The van der Waals surface area contributed by atoms with Crippen LogP contribution in [0.2, 0.25) is 0 Å². The molecular weight excluding hydrogens is 594 g/mol. The lowest BCUT2D eigenvalue weighted by atomic mass is 9.83. The number of piperidine rings is 1. The van der Waals surface area contributed by atoms with Crippen LogP contribution < -0.4 is 25.8 Å². The molecular formula is C32H45Cl2FN4O4. The van der Waals surface area contributed by atoms with Crippen LogP contribution in [0.1, 0.15) is 86.0 Å². The molecule has 2 amide bonds. The number of likely N-dealkylation sites (tertiary alicyclic amines) is 1. The van der Waals surface area contributed by atoms with E-state index in [1.807, 2.05) is 17.0 Å². The smallest absolute Gasteiger partial charge is 0.253 e. The van der Waals surface area contributed by atoms with Gasteiger partial charge in [0.2, 0.25) is 5.91 Å². The van der Waals surface area contributed by atoms with Gasteiger partial charge < -0.3 is 30.7 Å². The van der Waals surface area contributed by atoms with Crippen molar-refractivity contribution >= 4 is 42.3 Å². The maximum absolute atomic E-state index is 14.2. The molecule has 2 aliphatic heterocycles. The topological polar surface area (TPSA) is 106 Å². The highest BCUT2D eigenvalue weighted by atomic mass is 35.5. The number of rotatable bonds is 10. The zero-order valence-corrected chi connectivity index (χ0v) is 26.3. The summed E-state index contributed by atoms with van der Waals surface area (Å²) in [6, 6.07) is 10.2. The predicted molar refractivity (Wildman–Crippen MR) is 172 cm³/mol. The summed E-state index contributed by atoms with van der Waals surface area (Å²) in [5.74, 6) is 1.08. The molecule has 0 radical (unpaired) electrons. The van der Waals surface area contributed by atoms with Crippen LogP contribution in [-0.4, -0.2) is 61.6 Å². The van der Waals surface area contributed by atoms with Crippen molar-refractivity contribution in [3.63, 3.8) is 0 Å². The molecule has 3 fully saturated rings. The predicted octanol–water partition coefficient (Wildman–Crippen LogP) is 5.82. The lowest BCUT2D eigenvalue weighted by molar-refractivity contribution is -0.116. The molecule has 0 unspecified atom stereocenters. The summed E-state index contributed by atoms with van der Waals surface area (Å²) in [5.41, 5.74) is 7.71. The Morgan fingerprint density at radius 3 is 2.42 bits per heavy atom. The van der Waals surface area contributed by atoms with E-state index in [1.165, 1.54) is 37.0 Å². The Balaban J connectivity index is 0.00000253. The van der Waals surface area contributed by atoms with Crippen LogP contribution in [-0.2, 0) is 4.79 Å². The molecule has 2 aromatic rings. The van der Waals surface area contributed by atoms with Gasteiger partial charge in [0.25, 0.3) is 5.91 Å². The first-order chi connectivity index (χ1) is 20.0. The number of hydrogen-bond donors (Lipinski definition) is 3. The third-order valence-corrected chi connectivity index (χ3v) is 8.41. The van der Waals surface area contributed by atoms with E-state index >= 15 is 0 Å². The fraction of sp³-hybridized carbons (Fsp3) is 0.562. The number of carbonyl (C=O) groups excluding carboxylic acids is 2. The monoisotopic (exact) mass is 638 g/mol.